The summed E-state index contributed by atoms with van der Waals surface area (Å²) in [7, 11) is 0. The van der Waals surface area contributed by atoms with Crippen molar-refractivity contribution >= 4 is 43.7 Å². The average Bonchev–Trinajstić information content (AvgIpc) is 2.54. The first kappa shape index (κ1) is 16.3. The van der Waals surface area contributed by atoms with Gasteiger partial charge in [0.05, 0.1) is 0 Å². The van der Waals surface area contributed by atoms with Crippen molar-refractivity contribution in [3.63, 3.8) is 0 Å². The topological polar surface area (TPSA) is 34.9 Å². The number of halogens is 1. The van der Waals surface area contributed by atoms with Crippen LogP contribution >= 0.6 is 11.6 Å². The minimum absolute atomic E-state index is 0.0453. The van der Waals surface area contributed by atoms with Crippen molar-refractivity contribution in [2.75, 3.05) is 0 Å². The van der Waals surface area contributed by atoms with E-state index >= 15 is 0 Å². The summed E-state index contributed by atoms with van der Waals surface area (Å²) in [6.45, 7) is 2.13. The summed E-state index contributed by atoms with van der Waals surface area (Å²) < 4.78 is 2.82. The van der Waals surface area contributed by atoms with Crippen molar-refractivity contribution in [1.29, 1.82) is 0 Å². The summed E-state index contributed by atoms with van der Waals surface area (Å²) in [5.74, 6) is 0.782. The van der Waals surface area contributed by atoms with E-state index in [9.17, 15) is 4.79 Å². The predicted molar refractivity (Wildman–Crippen MR) is 96.4 cm³/mol. The van der Waals surface area contributed by atoms with E-state index in [4.69, 9.17) is 16.6 Å². The molecule has 5 heteroatoms. The Hall–Kier alpha value is -1.57. The van der Waals surface area contributed by atoms with Gasteiger partial charge in [0.1, 0.15) is 0 Å². The second-order valence-electron chi connectivity index (χ2n) is 5.45. The van der Waals surface area contributed by atoms with Crippen LogP contribution in [0, 0.1) is 0 Å². The van der Waals surface area contributed by atoms with Gasteiger partial charge in [0.2, 0.25) is 0 Å². The number of nitrogens with zero attached hydrogens (tertiary/aromatic N) is 2. The van der Waals surface area contributed by atoms with Crippen LogP contribution in [-0.2, 0) is 6.42 Å². The van der Waals surface area contributed by atoms with Gasteiger partial charge in [0, 0.05) is 0 Å². The quantitative estimate of drug-likeness (QED) is 0.646. The Morgan fingerprint density at radius 2 is 1.91 bits per heavy atom. The Balaban J connectivity index is 2.28. The first-order chi connectivity index (χ1) is 11.1. The van der Waals surface area contributed by atoms with Crippen LogP contribution < -0.4 is 9.91 Å². The molecule has 0 unspecified atom stereocenters. The molecule has 1 aromatic heterocycles. The summed E-state index contributed by atoms with van der Waals surface area (Å²) >= 11 is 8.55. The fraction of sp³-hybridized carbons (Fsp3) is 0.222. The van der Waals surface area contributed by atoms with Gasteiger partial charge >= 0.3 is 149 Å². The third-order valence-electron chi connectivity index (χ3n) is 3.76. The van der Waals surface area contributed by atoms with E-state index in [-0.39, 0.29) is 5.56 Å². The Kier molecular flexibility index (Phi) is 4.89. The van der Waals surface area contributed by atoms with Gasteiger partial charge in [-0.15, -0.1) is 0 Å². The van der Waals surface area contributed by atoms with E-state index in [0.29, 0.717) is 15.9 Å². The number of hydrogen-bond donors (Lipinski definition) is 0. The summed E-state index contributed by atoms with van der Waals surface area (Å²) in [5.41, 5.74) is 1.46. The van der Waals surface area contributed by atoms with Gasteiger partial charge in [-0.2, -0.15) is 0 Å². The number of benzene rings is 2. The van der Waals surface area contributed by atoms with Gasteiger partial charge in [0.25, 0.3) is 0 Å². The van der Waals surface area contributed by atoms with Crippen LogP contribution in [0.2, 0.25) is 5.02 Å². The van der Waals surface area contributed by atoms with E-state index in [2.05, 4.69) is 23.8 Å². The van der Waals surface area contributed by atoms with Crippen molar-refractivity contribution in [1.82, 2.24) is 9.55 Å². The molecule has 0 aliphatic heterocycles. The summed E-state index contributed by atoms with van der Waals surface area (Å²) in [5, 5.41) is 1.18. The van der Waals surface area contributed by atoms with Crippen LogP contribution in [0.25, 0.3) is 16.6 Å². The standard InChI is InChI=1S/C18H16AsClN2O/c1-2-3-4-17-21-16-11-13(20)7-10-15(16)18(23)22(17)14-8-5-12(19)6-9-14/h5-11H,2-4H2,1H3. The van der Waals surface area contributed by atoms with Crippen LogP contribution in [0.1, 0.15) is 25.6 Å². The second kappa shape index (κ2) is 6.90. The number of aryl methyl sites for hydroxylation is 1. The van der Waals surface area contributed by atoms with E-state index in [1.807, 2.05) is 24.3 Å². The van der Waals surface area contributed by atoms with Gasteiger partial charge in [0.15, 0.2) is 0 Å². The number of fused-ring (bicyclic) bond motifs is 1. The Labute approximate surface area is 148 Å². The molecule has 0 saturated carbocycles. The summed E-state index contributed by atoms with van der Waals surface area (Å²) in [6.07, 6.45) is 2.80. The van der Waals surface area contributed by atoms with E-state index in [1.54, 1.807) is 22.8 Å². The molecule has 2 radical (unpaired) electrons. The van der Waals surface area contributed by atoms with Gasteiger partial charge in [-0.3, -0.25) is 0 Å². The number of hydrogen-bond acceptors (Lipinski definition) is 2. The monoisotopic (exact) mass is 386 g/mol. The van der Waals surface area contributed by atoms with E-state index in [1.165, 1.54) is 0 Å². The van der Waals surface area contributed by atoms with Gasteiger partial charge in [-0.05, 0) is 0 Å². The zero-order chi connectivity index (χ0) is 16.4. The molecule has 0 atom stereocenters. The average molecular weight is 387 g/mol. The molecular weight excluding hydrogens is 371 g/mol. The van der Waals surface area contributed by atoms with Crippen LogP contribution in [0.5, 0.6) is 0 Å². The Morgan fingerprint density at radius 1 is 1.17 bits per heavy atom. The molecule has 3 rings (SSSR count). The number of unbranched alkanes of at least 4 members (excludes halogenated alkanes) is 1. The van der Waals surface area contributed by atoms with E-state index < -0.39 is 0 Å². The molecule has 116 valence electrons. The number of rotatable bonds is 4. The van der Waals surface area contributed by atoms with E-state index in [0.717, 1.165) is 35.1 Å². The molecule has 2 aromatic carbocycles. The molecule has 0 fully saturated rings. The third-order valence-corrected chi connectivity index (χ3v) is 4.62. The molecule has 0 spiro atoms. The van der Waals surface area contributed by atoms with Gasteiger partial charge < -0.3 is 0 Å². The van der Waals surface area contributed by atoms with Crippen molar-refractivity contribution in [2.45, 2.75) is 26.2 Å². The molecule has 3 nitrogen and oxygen atoms in total. The van der Waals surface area contributed by atoms with Crippen LogP contribution in [0.3, 0.4) is 0 Å². The Morgan fingerprint density at radius 3 is 2.61 bits per heavy atom. The molecule has 0 N–H and O–H groups in total. The molecule has 23 heavy (non-hydrogen) atoms. The van der Waals surface area contributed by atoms with Crippen LogP contribution in [0.15, 0.2) is 47.3 Å². The zero-order valence-electron chi connectivity index (χ0n) is 12.8. The molecule has 0 bridgehead atoms. The molecule has 3 aromatic rings. The first-order valence-corrected chi connectivity index (χ1v) is 8.92. The fourth-order valence-electron chi connectivity index (χ4n) is 2.58. The first-order valence-electron chi connectivity index (χ1n) is 7.60. The fourth-order valence-corrected chi connectivity index (χ4v) is 3.05. The second-order valence-corrected chi connectivity index (χ2v) is 6.97. The predicted octanol–water partition coefficient (Wildman–Crippen LogP) is 3.18. The molecule has 0 saturated heterocycles. The maximum absolute atomic E-state index is 13.0. The minimum atomic E-state index is -0.0453. The molecule has 0 aliphatic carbocycles. The summed E-state index contributed by atoms with van der Waals surface area (Å²) in [4.78, 5) is 17.7. The maximum atomic E-state index is 13.0. The summed E-state index contributed by atoms with van der Waals surface area (Å²) in [6, 6.07) is 13.1. The SMILES string of the molecule is CCCCc1nc2cc(Cl)ccc2c(=O)n1-c1ccc([As])cc1. The third kappa shape index (κ3) is 3.36. The van der Waals surface area contributed by atoms with Gasteiger partial charge in [-0.1, -0.05) is 0 Å². The zero-order valence-corrected chi connectivity index (χ0v) is 15.4. The molecule has 1 heterocycles. The number of aromatic nitrogens is 2. The van der Waals surface area contributed by atoms with Crippen molar-refractivity contribution in [2.24, 2.45) is 0 Å². The molecule has 0 amide bonds. The Bertz CT molecular complexity index is 903. The van der Waals surface area contributed by atoms with Gasteiger partial charge in [-0.25, -0.2) is 0 Å². The van der Waals surface area contributed by atoms with Crippen molar-refractivity contribution in [3.8, 4) is 5.69 Å². The van der Waals surface area contributed by atoms with Crippen molar-refractivity contribution < 1.29 is 0 Å². The molecule has 0 aliphatic rings. The van der Waals surface area contributed by atoms with Crippen LogP contribution in [-0.4, -0.2) is 26.4 Å². The normalized spacial score (nSPS) is 11.1. The molecular formula is C18H16AsClN2O. The van der Waals surface area contributed by atoms with Crippen molar-refractivity contribution in [3.05, 3.63) is 63.7 Å². The van der Waals surface area contributed by atoms with Crippen LogP contribution in [0.4, 0.5) is 0 Å².